The number of nitrogens with one attached hydrogen (secondary N) is 1. The summed E-state index contributed by atoms with van der Waals surface area (Å²) in [5, 5.41) is 6.43. The molecule has 1 N–H and O–H groups in total. The second kappa shape index (κ2) is 9.11. The van der Waals surface area contributed by atoms with E-state index < -0.39 is 23.5 Å². The van der Waals surface area contributed by atoms with Crippen molar-refractivity contribution in [3.8, 4) is 28.1 Å². The first-order valence-corrected chi connectivity index (χ1v) is 12.0. The fourth-order valence-electron chi connectivity index (χ4n) is 4.90. The molecular weight excluding hydrogens is 498 g/mol. The molecule has 0 saturated carbocycles. The number of hydrogen-bond acceptors (Lipinski definition) is 5. The molecule has 8 nitrogen and oxygen atoms in total. The van der Waals surface area contributed by atoms with Crippen molar-refractivity contribution in [2.45, 2.75) is 37.0 Å². The average Bonchev–Trinajstić information content (AvgIpc) is 3.40. The lowest BCUT2D eigenvalue weighted by molar-refractivity contribution is -0.274. The smallest absolute Gasteiger partial charge is 0.406 e. The van der Waals surface area contributed by atoms with Gasteiger partial charge in [-0.2, -0.15) is 5.10 Å². The van der Waals surface area contributed by atoms with E-state index in [0.29, 0.717) is 16.8 Å². The molecule has 2 aliphatic rings. The van der Waals surface area contributed by atoms with Crippen LogP contribution in [0.5, 0.6) is 5.75 Å². The normalized spacial score (nSPS) is 17.9. The number of rotatable bonds is 5. The van der Waals surface area contributed by atoms with Crippen LogP contribution < -0.4 is 10.1 Å². The van der Waals surface area contributed by atoms with Gasteiger partial charge in [-0.15, -0.1) is 13.2 Å². The van der Waals surface area contributed by atoms with Gasteiger partial charge in [0.1, 0.15) is 35.3 Å². The van der Waals surface area contributed by atoms with Gasteiger partial charge in [-0.1, -0.05) is 6.07 Å². The summed E-state index contributed by atoms with van der Waals surface area (Å²) in [5.41, 5.74) is 4.06. The zero-order valence-corrected chi connectivity index (χ0v) is 20.9. The summed E-state index contributed by atoms with van der Waals surface area (Å²) in [5.74, 6) is -1.42. The molecule has 3 amide bonds. The number of halogens is 3. The predicted molar refractivity (Wildman–Crippen MR) is 139 cm³/mol. The van der Waals surface area contributed by atoms with Crippen molar-refractivity contribution in [1.82, 2.24) is 20.0 Å². The molecule has 1 fully saturated rings. The molecule has 2 aliphatic heterocycles. The number of benzene rings is 2. The number of ether oxygens (including phenoxy) is 1. The van der Waals surface area contributed by atoms with E-state index in [4.69, 9.17) is 0 Å². The Morgan fingerprint density at radius 1 is 0.974 bits per heavy atom. The number of carbonyl (C=O) groups is 3. The third-order valence-electron chi connectivity index (χ3n) is 6.60. The molecule has 1 unspecified atom stereocenters. The molecule has 1 atom stereocenters. The molecule has 0 spiro atoms. The molecule has 192 valence electrons. The first kappa shape index (κ1) is 25.7. The van der Waals surface area contributed by atoms with Crippen LogP contribution in [-0.4, -0.2) is 68.3 Å². The van der Waals surface area contributed by atoms with E-state index in [-0.39, 0.29) is 37.0 Å². The number of fused-ring (bicyclic) bond motifs is 1. The standard InChI is InChI=1S/C24H22B3F3N4O4/c25-23(26,27)34-20(12-1-4-15(5-2-12)38-24(28,29)30)17(10-31-34)13-3-6-16-14(9-13)11-33(22(16)37)18-7-8-19(35)32-21(18)36/h1-6,9-10,18H,7-8,11,25-27H2,(H,32,35,36). The minimum absolute atomic E-state index is 0.171. The van der Waals surface area contributed by atoms with Crippen molar-refractivity contribution in [3.63, 3.8) is 0 Å². The minimum Gasteiger partial charge on any atom is -0.406 e. The fourth-order valence-corrected chi connectivity index (χ4v) is 4.90. The summed E-state index contributed by atoms with van der Waals surface area (Å²) in [6, 6.07) is 10.3. The third-order valence-corrected chi connectivity index (χ3v) is 6.60. The summed E-state index contributed by atoms with van der Waals surface area (Å²) in [6.07, 6.45) is -2.65. The van der Waals surface area contributed by atoms with Gasteiger partial charge < -0.3 is 9.64 Å². The van der Waals surface area contributed by atoms with Crippen LogP contribution in [0.1, 0.15) is 28.8 Å². The Morgan fingerprint density at radius 3 is 2.29 bits per heavy atom. The van der Waals surface area contributed by atoms with E-state index in [1.54, 1.807) is 35.1 Å². The molecule has 3 heterocycles. The Balaban J connectivity index is 1.51. The summed E-state index contributed by atoms with van der Waals surface area (Å²) >= 11 is 0. The second-order valence-electron chi connectivity index (χ2n) is 10.3. The van der Waals surface area contributed by atoms with Crippen LogP contribution in [0.3, 0.4) is 0 Å². The summed E-state index contributed by atoms with van der Waals surface area (Å²) in [6.45, 7) is 0.223. The number of piperidine rings is 1. The van der Waals surface area contributed by atoms with Crippen LogP contribution in [0.15, 0.2) is 48.7 Å². The molecule has 3 aromatic rings. The van der Waals surface area contributed by atoms with Gasteiger partial charge in [-0.05, 0) is 59.2 Å². The van der Waals surface area contributed by atoms with Crippen LogP contribution in [0, 0.1) is 0 Å². The lowest BCUT2D eigenvalue weighted by Crippen LogP contribution is -2.52. The molecule has 2 aromatic carbocycles. The molecule has 38 heavy (non-hydrogen) atoms. The monoisotopic (exact) mass is 520 g/mol. The number of amides is 3. The van der Waals surface area contributed by atoms with Crippen LogP contribution in [0.4, 0.5) is 13.2 Å². The molecular formula is C24H22B3F3N4O4. The number of imide groups is 1. The van der Waals surface area contributed by atoms with E-state index in [2.05, 4.69) is 15.2 Å². The maximum absolute atomic E-state index is 13.1. The second-order valence-corrected chi connectivity index (χ2v) is 10.3. The van der Waals surface area contributed by atoms with Crippen LogP contribution in [-0.2, 0) is 21.4 Å². The molecule has 0 bridgehead atoms. The predicted octanol–water partition coefficient (Wildman–Crippen LogP) is 0.344. The van der Waals surface area contributed by atoms with Crippen molar-refractivity contribution in [2.75, 3.05) is 0 Å². The fraction of sp³-hybridized carbons (Fsp3) is 0.250. The van der Waals surface area contributed by atoms with Crippen molar-refractivity contribution in [1.29, 1.82) is 0 Å². The largest absolute Gasteiger partial charge is 0.573 e. The van der Waals surface area contributed by atoms with Crippen LogP contribution in [0.25, 0.3) is 22.4 Å². The highest BCUT2D eigenvalue weighted by atomic mass is 19.4. The maximum atomic E-state index is 13.1. The Morgan fingerprint density at radius 2 is 1.66 bits per heavy atom. The zero-order valence-electron chi connectivity index (χ0n) is 20.9. The Labute approximate surface area is 218 Å². The van der Waals surface area contributed by atoms with Crippen LogP contribution >= 0.6 is 0 Å². The number of carbonyl (C=O) groups excluding carboxylic acids is 3. The van der Waals surface area contributed by atoms with Gasteiger partial charge in [0.05, 0.1) is 11.9 Å². The van der Waals surface area contributed by atoms with Gasteiger partial charge >= 0.3 is 6.36 Å². The topological polar surface area (TPSA) is 93.5 Å². The maximum Gasteiger partial charge on any atom is 0.573 e. The minimum atomic E-state index is -4.79. The van der Waals surface area contributed by atoms with E-state index in [1.807, 2.05) is 29.6 Å². The third kappa shape index (κ3) is 4.82. The number of aromatic nitrogens is 2. The number of alkyl halides is 3. The highest BCUT2D eigenvalue weighted by Gasteiger charge is 2.39. The molecule has 1 aromatic heterocycles. The number of nitrogens with zero attached hydrogens (tertiary/aromatic N) is 3. The van der Waals surface area contributed by atoms with Crippen molar-refractivity contribution in [2.24, 2.45) is 0 Å². The van der Waals surface area contributed by atoms with Crippen LogP contribution in [0.2, 0.25) is 0 Å². The first-order valence-electron chi connectivity index (χ1n) is 12.0. The summed E-state index contributed by atoms with van der Waals surface area (Å²) < 4.78 is 43.7. The SMILES string of the molecule is BC(B)(B)n1ncc(-c2ccc3c(c2)CN(C2CCC(=O)NC2=O)C3=O)c1-c1ccc(OC(F)(F)F)cc1. The number of hydrogen-bond donors (Lipinski definition) is 1. The van der Waals surface area contributed by atoms with E-state index >= 15 is 0 Å². The lowest BCUT2D eigenvalue weighted by Gasteiger charge is -2.29. The first-order chi connectivity index (χ1) is 17.8. The van der Waals surface area contributed by atoms with Gasteiger partial charge in [-0.25, -0.2) is 0 Å². The zero-order chi connectivity index (χ0) is 27.4. The Bertz CT molecular complexity index is 1450. The highest BCUT2D eigenvalue weighted by Crippen LogP contribution is 2.37. The summed E-state index contributed by atoms with van der Waals surface area (Å²) in [7, 11) is 5.90. The van der Waals surface area contributed by atoms with Crippen molar-refractivity contribution in [3.05, 3.63) is 59.8 Å². The van der Waals surface area contributed by atoms with Crippen molar-refractivity contribution >= 4 is 41.3 Å². The average molecular weight is 520 g/mol. The van der Waals surface area contributed by atoms with E-state index in [0.717, 1.165) is 16.7 Å². The van der Waals surface area contributed by atoms with Crippen molar-refractivity contribution < 1.29 is 32.3 Å². The molecule has 5 rings (SSSR count). The lowest BCUT2D eigenvalue weighted by atomic mass is 9.49. The molecule has 0 aliphatic carbocycles. The van der Waals surface area contributed by atoms with E-state index in [1.165, 1.54) is 17.0 Å². The quantitative estimate of drug-likeness (QED) is 0.388. The van der Waals surface area contributed by atoms with Gasteiger partial charge in [0.15, 0.2) is 0 Å². The van der Waals surface area contributed by atoms with Gasteiger partial charge in [-0.3, -0.25) is 24.4 Å². The van der Waals surface area contributed by atoms with E-state index in [9.17, 15) is 27.6 Å². The molecule has 0 radical (unpaired) electrons. The summed E-state index contributed by atoms with van der Waals surface area (Å²) in [4.78, 5) is 38.5. The highest BCUT2D eigenvalue weighted by molar-refractivity contribution is 6.56. The molecule has 1 saturated heterocycles. The Kier molecular flexibility index (Phi) is 6.15. The van der Waals surface area contributed by atoms with Gasteiger partial charge in [0, 0.05) is 29.7 Å². The Hall–Kier alpha value is -3.96. The molecule has 14 heteroatoms. The van der Waals surface area contributed by atoms with Gasteiger partial charge in [0.2, 0.25) is 11.8 Å². The van der Waals surface area contributed by atoms with Gasteiger partial charge in [0.25, 0.3) is 5.91 Å².